The number of nitrogens with zero attached hydrogens (tertiary/aromatic N) is 6. The van der Waals surface area contributed by atoms with Crippen LogP contribution in [0.3, 0.4) is 0 Å². The largest absolute Gasteiger partial charge is 0.505 e. The highest BCUT2D eigenvalue weighted by Crippen LogP contribution is 2.46. The van der Waals surface area contributed by atoms with Gasteiger partial charge in [-0.25, -0.2) is 21.0 Å². The van der Waals surface area contributed by atoms with E-state index >= 15 is 0 Å². The van der Waals surface area contributed by atoms with Crippen LogP contribution in [-0.2, 0) is 54.5 Å². The summed E-state index contributed by atoms with van der Waals surface area (Å²) >= 11 is 6.24. The van der Waals surface area contributed by atoms with Crippen molar-refractivity contribution in [2.45, 2.75) is 26.5 Å². The molecule has 4 aromatic carbocycles. The smallest absolute Gasteiger partial charge is 0.397 e. The average molecular weight is 934 g/mol. The Bertz CT molecular complexity index is 3100. The zero-order valence-corrected chi connectivity index (χ0v) is 34.5. The first-order chi connectivity index (χ1) is 27.3. The summed E-state index contributed by atoms with van der Waals surface area (Å²) < 4.78 is 154. The zero-order valence-electron chi connectivity index (χ0n) is 29.6. The molecular formula is C31H28ClN7O15S5. The van der Waals surface area contributed by atoms with Crippen LogP contribution in [0, 0.1) is 0 Å². The van der Waals surface area contributed by atoms with Crippen molar-refractivity contribution in [2.75, 3.05) is 29.1 Å². The summed E-state index contributed by atoms with van der Waals surface area (Å²) in [4.78, 5) is 11.3. The Morgan fingerprint density at radius 2 is 1.51 bits per heavy atom. The third-order valence-corrected chi connectivity index (χ3v) is 13.2. The Morgan fingerprint density at radius 1 is 0.831 bits per heavy atom. The van der Waals surface area contributed by atoms with Crippen molar-refractivity contribution in [3.63, 3.8) is 0 Å². The Morgan fingerprint density at radius 3 is 2.10 bits per heavy atom. The SMILES string of the molecule is C=CS(=O)(=O)c1ccc(N=Nc2c(S(=O)(=O)O)cc3cc(S(=O)(=O)O)cc(Nc4nc(Cl)nc(N(CC)c5cccc(S(=O)(=O)CCOS(=O)(=O)O)c5)n4)c3c2O)cc1. The van der Waals surface area contributed by atoms with Crippen LogP contribution < -0.4 is 10.2 Å². The Hall–Kier alpha value is -5.23. The fourth-order valence-corrected chi connectivity index (χ4v) is 8.78. The van der Waals surface area contributed by atoms with Crippen LogP contribution in [0.15, 0.2) is 109 Å². The predicted octanol–water partition coefficient (Wildman–Crippen LogP) is 4.70. The lowest BCUT2D eigenvalue weighted by Crippen LogP contribution is -2.21. The fraction of sp³-hybridized carbons (Fsp3) is 0.129. The van der Waals surface area contributed by atoms with Crippen LogP contribution in [-0.4, -0.2) is 94.7 Å². The second-order valence-electron chi connectivity index (χ2n) is 11.7. The molecule has 0 saturated carbocycles. The molecule has 59 heavy (non-hydrogen) atoms. The van der Waals surface area contributed by atoms with E-state index in [-0.39, 0.29) is 39.0 Å². The highest BCUT2D eigenvalue weighted by atomic mass is 35.5. The van der Waals surface area contributed by atoms with Gasteiger partial charge in [0.2, 0.25) is 17.2 Å². The van der Waals surface area contributed by atoms with Crippen molar-refractivity contribution < 1.29 is 65.0 Å². The number of nitrogens with one attached hydrogen (secondary N) is 1. The molecule has 1 heterocycles. The van der Waals surface area contributed by atoms with E-state index in [4.69, 9.17) is 16.2 Å². The molecule has 0 aliphatic rings. The summed E-state index contributed by atoms with van der Waals surface area (Å²) in [6, 6.07) is 12.2. The molecule has 5 rings (SSSR count). The molecule has 0 spiro atoms. The standard InChI is InChI=1S/C31H28ClN7O15S5/c1-3-39(20-6-5-7-22(16-20)56(43,44)13-12-54-59(51,52)53)31-35-29(32)34-30(36-31)33-24-17-23(57(45,46)47)14-18-15-25(58(48,49)50)27(28(40)26(18)24)38-37-19-8-10-21(11-9-19)55(41,42)4-2/h4-11,14-17,40H,2-3,12-13H2,1H3,(H,45,46,47)(H,48,49,50)(H,51,52,53)(H,33,34,35,36). The Kier molecular flexibility index (Phi) is 12.8. The van der Waals surface area contributed by atoms with Gasteiger partial charge in [-0.3, -0.25) is 13.7 Å². The van der Waals surface area contributed by atoms with Crippen molar-refractivity contribution in [1.82, 2.24) is 15.0 Å². The minimum absolute atomic E-state index is 0.0454. The second-order valence-corrected chi connectivity index (χ2v) is 19.9. The van der Waals surface area contributed by atoms with E-state index in [1.54, 1.807) is 6.92 Å². The van der Waals surface area contributed by atoms with Crippen LogP contribution in [0.25, 0.3) is 10.8 Å². The van der Waals surface area contributed by atoms with Crippen molar-refractivity contribution in [3.05, 3.63) is 84.0 Å². The molecule has 0 saturated heterocycles. The Balaban J connectivity index is 1.62. The molecule has 1 aromatic heterocycles. The first-order valence-corrected chi connectivity index (χ1v) is 23.7. The van der Waals surface area contributed by atoms with Crippen LogP contribution in [0.4, 0.5) is 34.6 Å². The molecule has 5 N–H and O–H groups in total. The monoisotopic (exact) mass is 933 g/mol. The minimum Gasteiger partial charge on any atom is -0.505 e. The van der Waals surface area contributed by atoms with Gasteiger partial charge < -0.3 is 15.3 Å². The minimum atomic E-state index is -5.25. The van der Waals surface area contributed by atoms with Gasteiger partial charge in [-0.15, -0.1) is 5.11 Å². The third-order valence-electron chi connectivity index (χ3n) is 7.82. The van der Waals surface area contributed by atoms with Crippen LogP contribution in [0.5, 0.6) is 5.75 Å². The summed E-state index contributed by atoms with van der Waals surface area (Å²) in [6.45, 7) is 4.02. The number of aromatic nitrogens is 3. The van der Waals surface area contributed by atoms with Gasteiger partial charge in [-0.2, -0.15) is 45.3 Å². The maximum Gasteiger partial charge on any atom is 0.397 e. The number of hydrogen-bond acceptors (Lipinski definition) is 19. The van der Waals surface area contributed by atoms with Gasteiger partial charge in [0.1, 0.15) is 10.6 Å². The predicted molar refractivity (Wildman–Crippen MR) is 210 cm³/mol. The number of hydrogen-bond donors (Lipinski definition) is 5. The highest BCUT2D eigenvalue weighted by molar-refractivity contribution is 7.94. The van der Waals surface area contributed by atoms with E-state index in [1.807, 2.05) is 0 Å². The zero-order chi connectivity index (χ0) is 43.7. The van der Waals surface area contributed by atoms with Crippen LogP contribution in [0.1, 0.15) is 6.92 Å². The molecule has 0 radical (unpaired) electrons. The molecule has 0 fully saturated rings. The third kappa shape index (κ3) is 10.7. The summed E-state index contributed by atoms with van der Waals surface area (Å²) in [6.07, 6.45) is 0. The maximum absolute atomic E-state index is 12.9. The maximum atomic E-state index is 12.9. The molecule has 0 unspecified atom stereocenters. The number of phenolic OH excluding ortho intramolecular Hbond substituents is 1. The van der Waals surface area contributed by atoms with Gasteiger partial charge in [0.05, 0.1) is 38.4 Å². The molecule has 0 aliphatic carbocycles. The topological polar surface area (TPSA) is 340 Å². The summed E-state index contributed by atoms with van der Waals surface area (Å²) in [7, 11) is -23.2. The van der Waals surface area contributed by atoms with E-state index < -0.39 is 106 Å². The van der Waals surface area contributed by atoms with E-state index in [1.165, 1.54) is 41.3 Å². The summed E-state index contributed by atoms with van der Waals surface area (Å²) in [5.41, 5.74) is -1.16. The van der Waals surface area contributed by atoms with Crippen LogP contribution in [0.2, 0.25) is 5.28 Å². The van der Waals surface area contributed by atoms with E-state index in [0.29, 0.717) is 5.41 Å². The van der Waals surface area contributed by atoms with Gasteiger partial charge in [-0.1, -0.05) is 12.6 Å². The number of phenols is 1. The van der Waals surface area contributed by atoms with Crippen molar-refractivity contribution >= 4 is 107 Å². The second kappa shape index (κ2) is 16.8. The summed E-state index contributed by atoms with van der Waals surface area (Å²) in [5.74, 6) is -2.52. The van der Waals surface area contributed by atoms with Gasteiger partial charge in [0.25, 0.3) is 20.2 Å². The fourth-order valence-electron chi connectivity index (χ4n) is 5.19. The van der Waals surface area contributed by atoms with E-state index in [0.717, 1.165) is 30.3 Å². The lowest BCUT2D eigenvalue weighted by Gasteiger charge is -2.22. The lowest BCUT2D eigenvalue weighted by atomic mass is 10.1. The van der Waals surface area contributed by atoms with Crippen molar-refractivity contribution in [2.24, 2.45) is 10.2 Å². The number of halogens is 1. The van der Waals surface area contributed by atoms with Gasteiger partial charge in [-0.05, 0) is 84.6 Å². The molecule has 5 aromatic rings. The average Bonchev–Trinajstić information content (AvgIpc) is 3.13. The summed E-state index contributed by atoms with van der Waals surface area (Å²) in [5, 5.41) is 21.2. The molecule has 0 atom stereocenters. The van der Waals surface area contributed by atoms with Gasteiger partial charge in [0.15, 0.2) is 25.4 Å². The molecule has 314 valence electrons. The molecule has 0 aliphatic heterocycles. The number of rotatable bonds is 16. The first kappa shape index (κ1) is 44.9. The van der Waals surface area contributed by atoms with E-state index in [9.17, 15) is 56.3 Å². The highest BCUT2D eigenvalue weighted by Gasteiger charge is 2.27. The van der Waals surface area contributed by atoms with Gasteiger partial charge in [0, 0.05) is 23.0 Å². The van der Waals surface area contributed by atoms with Gasteiger partial charge >= 0.3 is 10.4 Å². The molecule has 0 amide bonds. The number of sulfone groups is 2. The van der Waals surface area contributed by atoms with Crippen molar-refractivity contribution in [1.29, 1.82) is 0 Å². The first-order valence-electron chi connectivity index (χ1n) is 15.9. The Labute approximate surface area is 341 Å². The number of azo groups is 1. The van der Waals surface area contributed by atoms with Crippen LogP contribution >= 0.6 is 11.6 Å². The molecule has 28 heteroatoms. The molecule has 22 nitrogen and oxygen atoms in total. The molecule has 0 bridgehead atoms. The quantitative estimate of drug-likeness (QED) is 0.0661. The number of benzene rings is 4. The van der Waals surface area contributed by atoms with Crippen molar-refractivity contribution in [3.8, 4) is 5.75 Å². The number of fused-ring (bicyclic) bond motifs is 1. The lowest BCUT2D eigenvalue weighted by molar-refractivity contribution is 0.284. The molecular weight excluding hydrogens is 906 g/mol. The number of aromatic hydroxyl groups is 1. The van der Waals surface area contributed by atoms with E-state index in [2.05, 4.69) is 41.3 Å². The normalized spacial score (nSPS) is 12.8. The number of anilines is 4.